The number of H-pyrrole nitrogens is 1. The maximum absolute atomic E-state index is 13.3. The van der Waals surface area contributed by atoms with Gasteiger partial charge in [0.15, 0.2) is 11.6 Å². The number of hydrogen-bond donors (Lipinski definition) is 2. The second-order valence-electron chi connectivity index (χ2n) is 7.79. The quantitative estimate of drug-likeness (QED) is 0.317. The van der Waals surface area contributed by atoms with Crippen molar-refractivity contribution in [2.75, 3.05) is 36.5 Å². The van der Waals surface area contributed by atoms with Crippen molar-refractivity contribution < 1.29 is 24.2 Å². The third-order valence-corrected chi connectivity index (χ3v) is 6.49. The van der Waals surface area contributed by atoms with Crippen LogP contribution in [-0.2, 0) is 4.74 Å². The third kappa shape index (κ3) is 4.61. The van der Waals surface area contributed by atoms with E-state index >= 15 is 0 Å². The topological polar surface area (TPSA) is 79.0 Å². The number of fused-ring (bicyclic) bond motifs is 1. The van der Waals surface area contributed by atoms with Gasteiger partial charge in [-0.2, -0.15) is 5.10 Å². The molecular formula is C21H19F5N6OS. The summed E-state index contributed by atoms with van der Waals surface area (Å²) in [5.74, 6) is 0.0967. The summed E-state index contributed by atoms with van der Waals surface area (Å²) in [6.07, 6.45) is 1.38. The van der Waals surface area contributed by atoms with Gasteiger partial charge in [0, 0.05) is 30.0 Å². The Bertz CT molecular complexity index is 1360. The van der Waals surface area contributed by atoms with E-state index in [0.29, 0.717) is 42.1 Å². The third-order valence-electron chi connectivity index (χ3n) is 5.34. The molecule has 7 nitrogen and oxygen atoms in total. The van der Waals surface area contributed by atoms with Gasteiger partial charge >= 0.3 is 10.2 Å². The van der Waals surface area contributed by atoms with Crippen molar-refractivity contribution in [2.24, 2.45) is 0 Å². The zero-order valence-corrected chi connectivity index (χ0v) is 18.3. The summed E-state index contributed by atoms with van der Waals surface area (Å²) < 4.78 is 71.9. The van der Waals surface area contributed by atoms with Crippen molar-refractivity contribution in [1.29, 1.82) is 0 Å². The second-order valence-corrected chi connectivity index (χ2v) is 10.2. The van der Waals surface area contributed by atoms with Crippen LogP contribution in [0, 0.1) is 0 Å². The maximum Gasteiger partial charge on any atom is 0.310 e. The van der Waals surface area contributed by atoms with Crippen molar-refractivity contribution in [3.05, 3.63) is 54.7 Å². The van der Waals surface area contributed by atoms with Crippen LogP contribution < -0.4 is 10.2 Å². The SMILES string of the molecule is FS(F)(F)(F)(F)c1cccc(-c2nc(Nc3ccc(N4CCOCC4)cc3)c3[nH]ncc3n2)c1. The van der Waals surface area contributed by atoms with E-state index < -0.39 is 15.1 Å². The fraction of sp³-hybridized carbons (Fsp3) is 0.190. The standard InChI is InChI=1S/C21H19F5N6OS/c22-34(23,24,25,26)17-3-1-2-14(12-17)20-29-18-13-27-31-19(18)21(30-20)28-15-4-6-16(7-5-15)32-8-10-33-11-9-32/h1-7,12-13H,8-11H2,(H,27,31)(H,28,29,30). The molecule has 5 rings (SSSR count). The fourth-order valence-corrected chi connectivity index (χ4v) is 4.33. The highest BCUT2D eigenvalue weighted by Gasteiger charge is 2.65. The highest BCUT2D eigenvalue weighted by atomic mass is 32.5. The molecule has 1 aliphatic heterocycles. The Morgan fingerprint density at radius 3 is 2.38 bits per heavy atom. The molecule has 0 atom stereocenters. The Labute approximate surface area is 190 Å². The molecule has 3 heterocycles. The van der Waals surface area contributed by atoms with Gasteiger partial charge in [-0.15, -0.1) is 0 Å². The van der Waals surface area contributed by atoms with E-state index in [1.54, 1.807) is 0 Å². The van der Waals surface area contributed by atoms with Crippen molar-refractivity contribution in [3.8, 4) is 11.4 Å². The van der Waals surface area contributed by atoms with E-state index in [1.807, 2.05) is 24.3 Å². The number of anilines is 3. The molecule has 2 aromatic carbocycles. The summed E-state index contributed by atoms with van der Waals surface area (Å²) in [6, 6.07) is 10.4. The van der Waals surface area contributed by atoms with Gasteiger partial charge in [-0.1, -0.05) is 31.6 Å². The van der Waals surface area contributed by atoms with E-state index in [-0.39, 0.29) is 17.2 Å². The van der Waals surface area contributed by atoms with Crippen LogP contribution >= 0.6 is 10.2 Å². The minimum Gasteiger partial charge on any atom is -0.378 e. The molecule has 180 valence electrons. The normalized spacial score (nSPS) is 16.8. The summed E-state index contributed by atoms with van der Waals surface area (Å²) >= 11 is 0. The van der Waals surface area contributed by atoms with Crippen molar-refractivity contribution in [1.82, 2.24) is 20.2 Å². The van der Waals surface area contributed by atoms with Gasteiger partial charge in [0.25, 0.3) is 0 Å². The molecule has 13 heteroatoms. The first-order chi connectivity index (χ1) is 16.0. The highest BCUT2D eigenvalue weighted by molar-refractivity contribution is 8.45. The van der Waals surface area contributed by atoms with Crippen LogP contribution in [0.15, 0.2) is 59.6 Å². The summed E-state index contributed by atoms with van der Waals surface area (Å²) in [5, 5.41) is 9.76. The van der Waals surface area contributed by atoms with E-state index in [0.717, 1.165) is 24.8 Å². The predicted octanol–water partition coefficient (Wildman–Crippen LogP) is 6.26. The number of aromatic nitrogens is 4. The average Bonchev–Trinajstić information content (AvgIpc) is 3.28. The molecule has 0 spiro atoms. The Hall–Kier alpha value is -3.45. The van der Waals surface area contributed by atoms with Crippen LogP contribution in [0.4, 0.5) is 36.6 Å². The Kier molecular flexibility index (Phi) is 4.78. The number of nitrogens with zero attached hydrogens (tertiary/aromatic N) is 4. The molecule has 0 unspecified atom stereocenters. The summed E-state index contributed by atoms with van der Waals surface area (Å²) in [5.41, 5.74) is 2.23. The molecule has 0 amide bonds. The van der Waals surface area contributed by atoms with Gasteiger partial charge in [-0.05, 0) is 36.4 Å². The lowest BCUT2D eigenvalue weighted by Gasteiger charge is -2.40. The first kappa shape index (κ1) is 22.3. The molecule has 0 bridgehead atoms. The molecule has 0 aliphatic carbocycles. The van der Waals surface area contributed by atoms with Crippen LogP contribution in [0.3, 0.4) is 0 Å². The maximum atomic E-state index is 13.3. The Morgan fingerprint density at radius 1 is 0.941 bits per heavy atom. The van der Waals surface area contributed by atoms with Crippen LogP contribution in [0.1, 0.15) is 0 Å². The number of morpholine rings is 1. The molecule has 0 radical (unpaired) electrons. The second kappa shape index (κ2) is 7.27. The lowest BCUT2D eigenvalue weighted by Crippen LogP contribution is -2.36. The van der Waals surface area contributed by atoms with Gasteiger partial charge in [0.05, 0.1) is 19.4 Å². The molecule has 1 fully saturated rings. The first-order valence-corrected chi connectivity index (χ1v) is 12.2. The molecule has 4 aromatic rings. The largest absolute Gasteiger partial charge is 0.378 e. The van der Waals surface area contributed by atoms with Crippen LogP contribution in [0.2, 0.25) is 0 Å². The van der Waals surface area contributed by atoms with Crippen LogP contribution in [0.25, 0.3) is 22.4 Å². The molecule has 2 aromatic heterocycles. The van der Waals surface area contributed by atoms with E-state index in [4.69, 9.17) is 4.74 Å². The van der Waals surface area contributed by atoms with Crippen LogP contribution in [0.5, 0.6) is 0 Å². The van der Waals surface area contributed by atoms with Gasteiger partial charge in [-0.25, -0.2) is 9.97 Å². The zero-order valence-electron chi connectivity index (χ0n) is 17.5. The number of halogens is 5. The van der Waals surface area contributed by atoms with Gasteiger partial charge in [-0.3, -0.25) is 5.10 Å². The lowest BCUT2D eigenvalue weighted by atomic mass is 10.2. The zero-order chi connectivity index (χ0) is 24.0. The van der Waals surface area contributed by atoms with Gasteiger partial charge < -0.3 is 15.0 Å². The van der Waals surface area contributed by atoms with E-state index in [1.165, 1.54) is 12.3 Å². The number of hydrogen-bond acceptors (Lipinski definition) is 6. The molecule has 1 aliphatic rings. The summed E-state index contributed by atoms with van der Waals surface area (Å²) in [6.45, 7) is 2.89. The predicted molar refractivity (Wildman–Crippen MR) is 121 cm³/mol. The molecule has 2 N–H and O–H groups in total. The summed E-state index contributed by atoms with van der Waals surface area (Å²) in [7, 11) is -9.85. The Balaban J connectivity index is 1.49. The highest BCUT2D eigenvalue weighted by Crippen LogP contribution is 3.02. The summed E-state index contributed by atoms with van der Waals surface area (Å²) in [4.78, 5) is 8.68. The average molecular weight is 498 g/mol. The van der Waals surface area contributed by atoms with Crippen molar-refractivity contribution in [2.45, 2.75) is 4.90 Å². The first-order valence-electron chi connectivity index (χ1n) is 10.2. The van der Waals surface area contributed by atoms with E-state index in [9.17, 15) is 19.4 Å². The fourth-order valence-electron chi connectivity index (χ4n) is 3.65. The van der Waals surface area contributed by atoms with Crippen molar-refractivity contribution in [3.63, 3.8) is 0 Å². The molecule has 0 saturated carbocycles. The minimum absolute atomic E-state index is 0.148. The molecule has 1 saturated heterocycles. The van der Waals surface area contributed by atoms with Gasteiger partial charge in [0.1, 0.15) is 15.9 Å². The van der Waals surface area contributed by atoms with Crippen molar-refractivity contribution >= 4 is 38.5 Å². The number of benzene rings is 2. The van der Waals surface area contributed by atoms with Gasteiger partial charge in [0.2, 0.25) is 0 Å². The number of aromatic amines is 1. The number of ether oxygens (including phenoxy) is 1. The smallest absolute Gasteiger partial charge is 0.310 e. The van der Waals surface area contributed by atoms with E-state index in [2.05, 4.69) is 30.4 Å². The Morgan fingerprint density at radius 2 is 1.68 bits per heavy atom. The molecular weight excluding hydrogens is 479 g/mol. The van der Waals surface area contributed by atoms with Crippen LogP contribution in [-0.4, -0.2) is 46.5 Å². The monoisotopic (exact) mass is 498 g/mol. The number of nitrogens with one attached hydrogen (secondary N) is 2. The molecule has 34 heavy (non-hydrogen) atoms. The number of rotatable bonds is 5. The lowest BCUT2D eigenvalue weighted by molar-refractivity contribution is 0.122. The minimum atomic E-state index is -9.85.